The summed E-state index contributed by atoms with van der Waals surface area (Å²) in [6.45, 7) is 0.970. The minimum Gasteiger partial charge on any atom is -0.496 e. The van der Waals surface area contributed by atoms with Gasteiger partial charge in [0.15, 0.2) is 0 Å². The lowest BCUT2D eigenvalue weighted by Crippen LogP contribution is -2.54. The number of benzene rings is 3. The van der Waals surface area contributed by atoms with Gasteiger partial charge in [-0.2, -0.15) is 5.10 Å². The van der Waals surface area contributed by atoms with Gasteiger partial charge in [-0.05, 0) is 48.6 Å². The van der Waals surface area contributed by atoms with Crippen molar-refractivity contribution in [1.82, 2.24) is 14.7 Å². The maximum Gasteiger partial charge on any atom is 0.250 e. The molecule has 1 N–H and O–H groups in total. The van der Waals surface area contributed by atoms with E-state index in [0.717, 1.165) is 29.4 Å². The average Bonchev–Trinajstić information content (AvgIpc) is 3.59. The van der Waals surface area contributed by atoms with Gasteiger partial charge >= 0.3 is 0 Å². The van der Waals surface area contributed by atoms with Gasteiger partial charge in [-0.25, -0.2) is 9.07 Å². The van der Waals surface area contributed by atoms with Gasteiger partial charge in [0.25, 0.3) is 0 Å². The van der Waals surface area contributed by atoms with E-state index >= 15 is 4.39 Å². The molecule has 2 fully saturated rings. The number of hydrogen-bond donors (Lipinski definition) is 1. The zero-order valence-corrected chi connectivity index (χ0v) is 25.0. The van der Waals surface area contributed by atoms with Gasteiger partial charge < -0.3 is 14.8 Å². The second-order valence-electron chi connectivity index (χ2n) is 11.7. The molecule has 8 rings (SSSR count). The summed E-state index contributed by atoms with van der Waals surface area (Å²) >= 11 is 12.8. The molecule has 3 aromatic carbocycles. The molecule has 43 heavy (non-hydrogen) atoms. The molecule has 1 spiro atoms. The van der Waals surface area contributed by atoms with E-state index < -0.39 is 23.3 Å². The first-order valence-electron chi connectivity index (χ1n) is 14.3. The molecule has 1 amide bonds. The van der Waals surface area contributed by atoms with Crippen molar-refractivity contribution in [3.8, 4) is 11.6 Å². The average molecular weight is 621 g/mol. The zero-order valence-electron chi connectivity index (χ0n) is 23.5. The monoisotopic (exact) mass is 619 g/mol. The lowest BCUT2D eigenvalue weighted by atomic mass is 9.73. The largest absolute Gasteiger partial charge is 0.496 e. The van der Waals surface area contributed by atoms with Crippen molar-refractivity contribution in [2.24, 2.45) is 10.9 Å². The minimum absolute atomic E-state index is 0.00529. The van der Waals surface area contributed by atoms with Crippen LogP contribution >= 0.6 is 23.2 Å². The Hall–Kier alpha value is -3.66. The van der Waals surface area contributed by atoms with E-state index in [9.17, 15) is 4.79 Å². The van der Waals surface area contributed by atoms with E-state index in [1.54, 1.807) is 44.6 Å². The molecule has 1 aromatic heterocycles. The highest BCUT2D eigenvalue weighted by Gasteiger charge is 2.69. The van der Waals surface area contributed by atoms with Gasteiger partial charge in [-0.3, -0.25) is 14.7 Å². The number of nitrogens with zero attached hydrogens (tertiary/aromatic N) is 4. The molecule has 0 bridgehead atoms. The Labute approximate surface area is 257 Å². The van der Waals surface area contributed by atoms with Crippen LogP contribution in [-0.2, 0) is 10.3 Å². The third-order valence-electron chi connectivity index (χ3n) is 9.44. The van der Waals surface area contributed by atoms with E-state index in [4.69, 9.17) is 37.8 Å². The number of anilines is 1. The SMILES string of the molecule is CN=Cc1cc2c3n(nc2cc1OC)[C@@H]1[C@H](CO3)N(CC2CC2)[C@@]2(C(=O)Nc3cc(Cl)ccc32)[C@H]1c1cccc(Cl)c1F. The van der Waals surface area contributed by atoms with Crippen molar-refractivity contribution in [3.05, 3.63) is 81.1 Å². The van der Waals surface area contributed by atoms with Crippen LogP contribution in [0.2, 0.25) is 10.0 Å². The number of methoxy groups -OCH3 is 1. The molecule has 4 atom stereocenters. The first kappa shape index (κ1) is 26.9. The van der Waals surface area contributed by atoms with Crippen molar-refractivity contribution < 1.29 is 18.7 Å². The van der Waals surface area contributed by atoms with Crippen molar-refractivity contribution in [2.75, 3.05) is 32.6 Å². The Morgan fingerprint density at radius 2 is 2.07 bits per heavy atom. The minimum atomic E-state index is -1.25. The number of carbonyl (C=O) groups excluding carboxylic acids is 1. The molecule has 8 nitrogen and oxygen atoms in total. The number of nitrogens with one attached hydrogen (secondary N) is 1. The van der Waals surface area contributed by atoms with Crippen molar-refractivity contribution in [3.63, 3.8) is 0 Å². The first-order valence-corrected chi connectivity index (χ1v) is 15.1. The van der Waals surface area contributed by atoms with Crippen LogP contribution in [0.4, 0.5) is 10.1 Å². The van der Waals surface area contributed by atoms with Gasteiger partial charge in [-0.15, -0.1) is 0 Å². The van der Waals surface area contributed by atoms with E-state index in [1.165, 1.54) is 6.07 Å². The summed E-state index contributed by atoms with van der Waals surface area (Å²) in [5.41, 5.74) is 1.97. The number of amides is 1. The molecule has 4 aliphatic rings. The fraction of sp³-hybridized carbons (Fsp3) is 0.344. The number of ether oxygens (including phenoxy) is 2. The molecule has 0 radical (unpaired) electrons. The second-order valence-corrected chi connectivity index (χ2v) is 12.6. The molecule has 1 aliphatic carbocycles. The normalized spacial score (nSPS) is 26.1. The number of hydrogen-bond acceptors (Lipinski definition) is 6. The summed E-state index contributed by atoms with van der Waals surface area (Å²) in [5, 5.41) is 9.45. The summed E-state index contributed by atoms with van der Waals surface area (Å²) in [6.07, 6.45) is 3.88. The fourth-order valence-electron chi connectivity index (χ4n) is 7.55. The predicted octanol–water partition coefficient (Wildman–Crippen LogP) is 6.20. The molecule has 1 saturated carbocycles. The number of likely N-dealkylation sites (tertiary alicyclic amines) is 1. The van der Waals surface area contributed by atoms with Crippen LogP contribution in [0.5, 0.6) is 11.6 Å². The number of carbonyl (C=O) groups is 1. The third-order valence-corrected chi connectivity index (χ3v) is 9.96. The standard InChI is InChI=1S/C32H28Cl2FN5O3/c1-36-13-17-10-20-23(12-26(17)42-2)38-40-29-25(15-43-30(20)40)39(14-16-6-7-16)32(27(29)19-4-3-5-22(34)28(19)35)21-9-8-18(33)11-24(21)37-31(32)41/h3-5,8-13,16,25,27,29H,6-7,14-15H2,1-2H3,(H,37,41)/t25-,27-,29+,32+/m0/s1. The Balaban J connectivity index is 1.43. The van der Waals surface area contributed by atoms with Crippen LogP contribution in [0, 0.1) is 11.7 Å². The molecule has 1 saturated heterocycles. The molecule has 0 unspecified atom stereocenters. The number of aliphatic imine (C=N–C) groups is 1. The fourth-order valence-corrected chi connectivity index (χ4v) is 7.91. The first-order chi connectivity index (χ1) is 20.9. The van der Waals surface area contributed by atoms with Crippen molar-refractivity contribution >= 4 is 51.9 Å². The molecule has 3 aliphatic heterocycles. The Kier molecular flexibility index (Phi) is 6.06. The van der Waals surface area contributed by atoms with Crippen molar-refractivity contribution in [1.29, 1.82) is 0 Å². The molecular formula is C32H28Cl2FN5O3. The van der Waals surface area contributed by atoms with Crippen LogP contribution in [0.25, 0.3) is 10.9 Å². The number of rotatable bonds is 5. The summed E-state index contributed by atoms with van der Waals surface area (Å²) in [5.74, 6) is 0.182. The molecular weight excluding hydrogens is 592 g/mol. The quantitative estimate of drug-likeness (QED) is 0.269. The highest BCUT2D eigenvalue weighted by atomic mass is 35.5. The van der Waals surface area contributed by atoms with Gasteiger partial charge in [0.2, 0.25) is 11.8 Å². The zero-order chi connectivity index (χ0) is 29.6. The van der Waals surface area contributed by atoms with Gasteiger partial charge in [0.05, 0.1) is 29.6 Å². The van der Waals surface area contributed by atoms with Crippen LogP contribution in [-0.4, -0.2) is 60.2 Å². The van der Waals surface area contributed by atoms with Crippen LogP contribution in [0.3, 0.4) is 0 Å². The van der Waals surface area contributed by atoms with Crippen molar-refractivity contribution in [2.45, 2.75) is 36.4 Å². The van der Waals surface area contributed by atoms with Crippen LogP contribution < -0.4 is 14.8 Å². The maximum absolute atomic E-state index is 16.2. The molecule has 4 heterocycles. The van der Waals surface area contributed by atoms with E-state index in [0.29, 0.717) is 52.5 Å². The van der Waals surface area contributed by atoms with Crippen LogP contribution in [0.1, 0.15) is 41.5 Å². The summed E-state index contributed by atoms with van der Waals surface area (Å²) < 4.78 is 30.2. The molecule has 220 valence electrons. The van der Waals surface area contributed by atoms with Gasteiger partial charge in [0, 0.05) is 53.6 Å². The predicted molar refractivity (Wildman–Crippen MR) is 163 cm³/mol. The second kappa shape index (κ2) is 9.67. The number of fused-ring (bicyclic) bond motifs is 7. The van der Waals surface area contributed by atoms with E-state index in [1.807, 2.05) is 22.9 Å². The number of halogens is 3. The Morgan fingerprint density at radius 1 is 1.23 bits per heavy atom. The molecule has 11 heteroatoms. The Bertz CT molecular complexity index is 1860. The summed E-state index contributed by atoms with van der Waals surface area (Å²) in [7, 11) is 3.31. The van der Waals surface area contributed by atoms with Crippen LogP contribution in [0.15, 0.2) is 53.5 Å². The number of aromatic nitrogens is 2. The summed E-state index contributed by atoms with van der Waals surface area (Å²) in [4.78, 5) is 21.0. The topological polar surface area (TPSA) is 81.0 Å². The Morgan fingerprint density at radius 3 is 2.84 bits per heavy atom. The van der Waals surface area contributed by atoms with Gasteiger partial charge in [0.1, 0.15) is 29.2 Å². The lowest BCUT2D eigenvalue weighted by molar-refractivity contribution is -0.128. The van der Waals surface area contributed by atoms with Gasteiger partial charge in [-0.1, -0.05) is 41.4 Å². The third kappa shape index (κ3) is 3.74. The smallest absolute Gasteiger partial charge is 0.250 e. The highest BCUT2D eigenvalue weighted by Crippen LogP contribution is 2.63. The maximum atomic E-state index is 16.2. The summed E-state index contributed by atoms with van der Waals surface area (Å²) in [6, 6.07) is 13.5. The molecule has 4 aromatic rings. The van der Waals surface area contributed by atoms with E-state index in [-0.39, 0.29) is 17.0 Å². The highest BCUT2D eigenvalue weighted by molar-refractivity contribution is 6.31. The van der Waals surface area contributed by atoms with E-state index in [2.05, 4.69) is 15.2 Å². The lowest BCUT2D eigenvalue weighted by Gasteiger charge is -2.39.